The number of ether oxygens (including phenoxy) is 1. The molecule has 0 unspecified atom stereocenters. The van der Waals surface area contributed by atoms with Gasteiger partial charge in [0, 0.05) is 30.9 Å². The molecule has 120 valence electrons. The molecule has 1 aliphatic rings. The van der Waals surface area contributed by atoms with Gasteiger partial charge >= 0.3 is 0 Å². The number of carbonyl (C=O) groups excluding carboxylic acids is 1. The first-order chi connectivity index (χ1) is 11.2. The molecule has 5 nitrogen and oxygen atoms in total. The minimum absolute atomic E-state index is 0.0257. The SMILES string of the molecule is COc1cc(C(=O)NCCN2CCc3ccccc32)ccc1O. The Hall–Kier alpha value is -2.69. The van der Waals surface area contributed by atoms with Crippen molar-refractivity contribution >= 4 is 11.6 Å². The van der Waals surface area contributed by atoms with Crippen LogP contribution in [0.5, 0.6) is 11.5 Å². The average molecular weight is 312 g/mol. The van der Waals surface area contributed by atoms with Crippen molar-refractivity contribution in [2.75, 3.05) is 31.6 Å². The summed E-state index contributed by atoms with van der Waals surface area (Å²) in [5.41, 5.74) is 3.09. The number of hydrogen-bond donors (Lipinski definition) is 2. The number of fused-ring (bicyclic) bond motifs is 1. The molecule has 5 heteroatoms. The van der Waals surface area contributed by atoms with Crippen molar-refractivity contribution in [3.63, 3.8) is 0 Å². The quantitative estimate of drug-likeness (QED) is 0.888. The Kier molecular flexibility index (Phi) is 4.37. The van der Waals surface area contributed by atoms with Crippen LogP contribution in [0.3, 0.4) is 0 Å². The van der Waals surface area contributed by atoms with Gasteiger partial charge < -0.3 is 20.1 Å². The molecule has 0 aliphatic carbocycles. The maximum atomic E-state index is 12.2. The molecule has 1 aliphatic heterocycles. The van der Waals surface area contributed by atoms with E-state index in [0.29, 0.717) is 17.9 Å². The Balaban J connectivity index is 1.56. The third kappa shape index (κ3) is 3.23. The number of nitrogens with one attached hydrogen (secondary N) is 1. The van der Waals surface area contributed by atoms with Crippen molar-refractivity contribution < 1.29 is 14.6 Å². The molecule has 2 aromatic rings. The van der Waals surface area contributed by atoms with Crippen LogP contribution in [-0.2, 0) is 6.42 Å². The van der Waals surface area contributed by atoms with E-state index in [0.717, 1.165) is 19.5 Å². The van der Waals surface area contributed by atoms with Crippen LogP contribution >= 0.6 is 0 Å². The summed E-state index contributed by atoms with van der Waals surface area (Å²) in [5, 5.41) is 12.5. The third-order valence-electron chi connectivity index (χ3n) is 4.09. The Labute approximate surface area is 135 Å². The van der Waals surface area contributed by atoms with Crippen LogP contribution in [0.15, 0.2) is 42.5 Å². The molecule has 0 aromatic heterocycles. The Morgan fingerprint density at radius 1 is 1.30 bits per heavy atom. The third-order valence-corrected chi connectivity index (χ3v) is 4.09. The second kappa shape index (κ2) is 6.60. The molecular weight excluding hydrogens is 292 g/mol. The first-order valence-corrected chi connectivity index (χ1v) is 7.67. The van der Waals surface area contributed by atoms with E-state index in [9.17, 15) is 9.90 Å². The molecule has 0 radical (unpaired) electrons. The number of para-hydroxylation sites is 1. The number of amides is 1. The van der Waals surface area contributed by atoms with Gasteiger partial charge in [0.2, 0.25) is 0 Å². The summed E-state index contributed by atoms with van der Waals surface area (Å²) in [6, 6.07) is 12.9. The van der Waals surface area contributed by atoms with E-state index in [2.05, 4.69) is 28.4 Å². The van der Waals surface area contributed by atoms with E-state index >= 15 is 0 Å². The molecule has 0 saturated heterocycles. The number of aromatic hydroxyl groups is 1. The molecule has 3 rings (SSSR count). The fraction of sp³-hybridized carbons (Fsp3) is 0.278. The van der Waals surface area contributed by atoms with Crippen LogP contribution in [0, 0.1) is 0 Å². The lowest BCUT2D eigenvalue weighted by Crippen LogP contribution is -2.34. The summed E-state index contributed by atoms with van der Waals surface area (Å²) >= 11 is 0. The van der Waals surface area contributed by atoms with Gasteiger partial charge in [0.15, 0.2) is 11.5 Å². The molecule has 0 bridgehead atoms. The largest absolute Gasteiger partial charge is 0.504 e. The maximum absolute atomic E-state index is 12.2. The van der Waals surface area contributed by atoms with Gasteiger partial charge in [-0.1, -0.05) is 18.2 Å². The fourth-order valence-corrected chi connectivity index (χ4v) is 2.86. The average Bonchev–Trinajstić information content (AvgIpc) is 2.98. The van der Waals surface area contributed by atoms with Crippen molar-refractivity contribution in [3.05, 3.63) is 53.6 Å². The molecule has 2 aromatic carbocycles. The smallest absolute Gasteiger partial charge is 0.251 e. The van der Waals surface area contributed by atoms with Crippen molar-refractivity contribution in [1.82, 2.24) is 5.32 Å². The first-order valence-electron chi connectivity index (χ1n) is 7.67. The lowest BCUT2D eigenvalue weighted by molar-refractivity contribution is 0.0954. The number of carbonyl (C=O) groups is 1. The highest BCUT2D eigenvalue weighted by Crippen LogP contribution is 2.27. The second-order valence-corrected chi connectivity index (χ2v) is 5.51. The number of phenols is 1. The van der Waals surface area contributed by atoms with Crippen molar-refractivity contribution in [1.29, 1.82) is 0 Å². The number of nitrogens with zero attached hydrogens (tertiary/aromatic N) is 1. The van der Waals surface area contributed by atoms with Gasteiger partial charge in [0.05, 0.1) is 7.11 Å². The highest BCUT2D eigenvalue weighted by atomic mass is 16.5. The van der Waals surface area contributed by atoms with Crippen LogP contribution < -0.4 is 15.0 Å². The minimum Gasteiger partial charge on any atom is -0.504 e. The standard InChI is InChI=1S/C18H20N2O3/c1-23-17-12-14(6-7-16(17)21)18(22)19-9-11-20-10-8-13-4-2-3-5-15(13)20/h2-7,12,21H,8-11H2,1H3,(H,19,22). The summed E-state index contributed by atoms with van der Waals surface area (Å²) < 4.78 is 5.02. The normalized spacial score (nSPS) is 12.8. The molecule has 0 saturated carbocycles. The molecular formula is C18H20N2O3. The molecule has 2 N–H and O–H groups in total. The summed E-state index contributed by atoms with van der Waals surface area (Å²) in [6.07, 6.45) is 1.05. The van der Waals surface area contributed by atoms with E-state index in [1.165, 1.54) is 30.5 Å². The number of benzene rings is 2. The number of anilines is 1. The first kappa shape index (κ1) is 15.2. The molecule has 0 spiro atoms. The van der Waals surface area contributed by atoms with E-state index in [4.69, 9.17) is 4.74 Å². The zero-order chi connectivity index (χ0) is 16.2. The molecule has 1 amide bonds. The molecule has 1 heterocycles. The predicted molar refractivity (Wildman–Crippen MR) is 89.4 cm³/mol. The van der Waals surface area contributed by atoms with Crippen LogP contribution in [0.4, 0.5) is 5.69 Å². The summed E-state index contributed by atoms with van der Waals surface area (Å²) in [4.78, 5) is 14.5. The van der Waals surface area contributed by atoms with E-state index in [1.54, 1.807) is 6.07 Å². The minimum atomic E-state index is -0.171. The number of methoxy groups -OCH3 is 1. The van der Waals surface area contributed by atoms with Gasteiger partial charge in [-0.05, 0) is 36.2 Å². The lowest BCUT2D eigenvalue weighted by Gasteiger charge is -2.19. The molecule has 0 atom stereocenters. The van der Waals surface area contributed by atoms with Gasteiger partial charge in [0.1, 0.15) is 0 Å². The highest BCUT2D eigenvalue weighted by molar-refractivity contribution is 5.94. The Morgan fingerprint density at radius 2 is 2.13 bits per heavy atom. The fourth-order valence-electron chi connectivity index (χ4n) is 2.86. The number of rotatable bonds is 5. The van der Waals surface area contributed by atoms with Gasteiger partial charge in [-0.2, -0.15) is 0 Å². The van der Waals surface area contributed by atoms with E-state index < -0.39 is 0 Å². The number of phenolic OH excluding ortho intramolecular Hbond substituents is 1. The lowest BCUT2D eigenvalue weighted by atomic mass is 10.2. The highest BCUT2D eigenvalue weighted by Gasteiger charge is 2.18. The van der Waals surface area contributed by atoms with Gasteiger partial charge in [0.25, 0.3) is 5.91 Å². The van der Waals surface area contributed by atoms with Crippen molar-refractivity contribution in [2.24, 2.45) is 0 Å². The van der Waals surface area contributed by atoms with Gasteiger partial charge in [-0.3, -0.25) is 4.79 Å². The summed E-state index contributed by atoms with van der Waals surface area (Å²) in [5.74, 6) is 0.152. The van der Waals surface area contributed by atoms with E-state index in [-0.39, 0.29) is 11.7 Å². The van der Waals surface area contributed by atoms with Crippen LogP contribution in [0.2, 0.25) is 0 Å². The Bertz CT molecular complexity index is 715. The number of hydrogen-bond acceptors (Lipinski definition) is 4. The summed E-state index contributed by atoms with van der Waals surface area (Å²) in [7, 11) is 1.46. The summed E-state index contributed by atoms with van der Waals surface area (Å²) in [6.45, 7) is 2.33. The molecule has 23 heavy (non-hydrogen) atoms. The molecule has 0 fully saturated rings. The van der Waals surface area contributed by atoms with Crippen LogP contribution in [0.1, 0.15) is 15.9 Å². The van der Waals surface area contributed by atoms with Crippen molar-refractivity contribution in [3.8, 4) is 11.5 Å². The van der Waals surface area contributed by atoms with Gasteiger partial charge in [-0.25, -0.2) is 0 Å². The zero-order valence-corrected chi connectivity index (χ0v) is 13.1. The Morgan fingerprint density at radius 3 is 2.96 bits per heavy atom. The van der Waals surface area contributed by atoms with Crippen molar-refractivity contribution in [2.45, 2.75) is 6.42 Å². The predicted octanol–water partition coefficient (Wildman–Crippen LogP) is 2.19. The van der Waals surface area contributed by atoms with Crippen LogP contribution in [-0.4, -0.2) is 37.8 Å². The van der Waals surface area contributed by atoms with E-state index in [1.807, 2.05) is 6.07 Å². The monoisotopic (exact) mass is 312 g/mol. The second-order valence-electron chi connectivity index (χ2n) is 5.51. The van der Waals surface area contributed by atoms with Gasteiger partial charge in [-0.15, -0.1) is 0 Å². The van der Waals surface area contributed by atoms with Crippen LogP contribution in [0.25, 0.3) is 0 Å². The topological polar surface area (TPSA) is 61.8 Å². The zero-order valence-electron chi connectivity index (χ0n) is 13.1. The maximum Gasteiger partial charge on any atom is 0.251 e.